The number of hydrogen-bond donors (Lipinski definition) is 1. The first kappa shape index (κ1) is 20.6. The molecule has 0 radical (unpaired) electrons. The SMILES string of the molecule is CCCCCCCCCCCC(=O)OP(=O)(O)OCCC. The molecule has 1 unspecified atom stereocenters. The molecule has 0 aromatic rings. The molecule has 0 heterocycles. The Morgan fingerprint density at radius 1 is 0.905 bits per heavy atom. The topological polar surface area (TPSA) is 72.8 Å². The molecular weight excluding hydrogens is 291 g/mol. The van der Waals surface area contributed by atoms with Gasteiger partial charge in [-0.05, 0) is 12.8 Å². The average molecular weight is 322 g/mol. The van der Waals surface area contributed by atoms with Crippen LogP contribution >= 0.6 is 7.82 Å². The van der Waals surface area contributed by atoms with Crippen LogP contribution in [-0.2, 0) is 18.4 Å². The van der Waals surface area contributed by atoms with Crippen molar-refractivity contribution in [1.82, 2.24) is 0 Å². The van der Waals surface area contributed by atoms with E-state index in [4.69, 9.17) is 0 Å². The normalized spacial score (nSPS) is 13.9. The van der Waals surface area contributed by atoms with Crippen LogP contribution in [0.25, 0.3) is 0 Å². The first-order valence-corrected chi connectivity index (χ1v) is 9.71. The van der Waals surface area contributed by atoms with E-state index < -0.39 is 13.8 Å². The summed E-state index contributed by atoms with van der Waals surface area (Å²) in [7, 11) is -4.19. The van der Waals surface area contributed by atoms with Crippen LogP contribution in [0, 0.1) is 0 Å². The first-order chi connectivity index (χ1) is 10.0. The highest BCUT2D eigenvalue weighted by Crippen LogP contribution is 2.43. The number of carbonyl (C=O) groups is 1. The standard InChI is InChI=1S/C15H31O5P/c1-3-5-6-7-8-9-10-11-12-13-15(16)20-21(17,18)19-14-4-2/h3-14H2,1-2H3,(H,17,18). The van der Waals surface area contributed by atoms with Crippen molar-refractivity contribution in [2.45, 2.75) is 84.5 Å². The van der Waals surface area contributed by atoms with Gasteiger partial charge >= 0.3 is 13.8 Å². The summed E-state index contributed by atoms with van der Waals surface area (Å²) in [6.07, 6.45) is 11.1. The van der Waals surface area contributed by atoms with Crippen LogP contribution in [0.4, 0.5) is 0 Å². The third kappa shape index (κ3) is 14.3. The van der Waals surface area contributed by atoms with Crippen molar-refractivity contribution in [2.75, 3.05) is 6.61 Å². The second-order valence-electron chi connectivity index (χ2n) is 5.34. The highest BCUT2D eigenvalue weighted by Gasteiger charge is 2.25. The van der Waals surface area contributed by atoms with E-state index in [2.05, 4.69) is 16.0 Å². The predicted molar refractivity (Wildman–Crippen MR) is 84.0 cm³/mol. The lowest BCUT2D eigenvalue weighted by molar-refractivity contribution is -0.136. The van der Waals surface area contributed by atoms with Gasteiger partial charge in [-0.25, -0.2) is 4.57 Å². The summed E-state index contributed by atoms with van der Waals surface area (Å²) in [5.41, 5.74) is 0. The lowest BCUT2D eigenvalue weighted by Crippen LogP contribution is -2.04. The molecule has 0 fully saturated rings. The van der Waals surface area contributed by atoms with Gasteiger partial charge in [0.05, 0.1) is 6.61 Å². The molecule has 0 saturated heterocycles. The Balaban J connectivity index is 3.47. The number of phosphoric acid groups is 1. The minimum Gasteiger partial charge on any atom is -0.371 e. The quantitative estimate of drug-likeness (QED) is 0.361. The van der Waals surface area contributed by atoms with Crippen molar-refractivity contribution in [2.24, 2.45) is 0 Å². The molecule has 0 aromatic carbocycles. The Morgan fingerprint density at radius 2 is 1.43 bits per heavy atom. The molecule has 21 heavy (non-hydrogen) atoms. The van der Waals surface area contributed by atoms with E-state index in [0.29, 0.717) is 12.8 Å². The molecule has 0 aliphatic rings. The molecule has 1 N–H and O–H groups in total. The zero-order chi connectivity index (χ0) is 16.0. The molecule has 0 aromatic heterocycles. The largest absolute Gasteiger partial charge is 0.529 e. The maximum Gasteiger partial charge on any atom is 0.529 e. The predicted octanol–water partition coefficient (Wildman–Crippen LogP) is 4.98. The Labute approximate surface area is 129 Å². The minimum absolute atomic E-state index is 0.110. The van der Waals surface area contributed by atoms with Gasteiger partial charge in [0.25, 0.3) is 0 Å². The Bertz CT molecular complexity index is 306. The van der Waals surface area contributed by atoms with Crippen molar-refractivity contribution in [3.8, 4) is 0 Å². The fourth-order valence-corrected chi connectivity index (χ4v) is 2.80. The molecule has 0 bridgehead atoms. The summed E-state index contributed by atoms with van der Waals surface area (Å²) >= 11 is 0. The minimum atomic E-state index is -4.19. The highest BCUT2D eigenvalue weighted by molar-refractivity contribution is 7.48. The second-order valence-corrected chi connectivity index (χ2v) is 6.72. The fourth-order valence-electron chi connectivity index (χ4n) is 1.99. The van der Waals surface area contributed by atoms with Gasteiger partial charge in [0.2, 0.25) is 0 Å². The molecule has 0 rings (SSSR count). The molecule has 0 aliphatic heterocycles. The summed E-state index contributed by atoms with van der Waals surface area (Å²) in [4.78, 5) is 20.6. The zero-order valence-electron chi connectivity index (χ0n) is 13.5. The van der Waals surface area contributed by atoms with Crippen molar-refractivity contribution in [3.63, 3.8) is 0 Å². The van der Waals surface area contributed by atoms with Crippen LogP contribution in [-0.4, -0.2) is 17.5 Å². The van der Waals surface area contributed by atoms with Gasteiger partial charge in [0.15, 0.2) is 0 Å². The first-order valence-electron chi connectivity index (χ1n) is 8.21. The van der Waals surface area contributed by atoms with Crippen LogP contribution in [0.5, 0.6) is 0 Å². The van der Waals surface area contributed by atoms with Gasteiger partial charge in [-0.1, -0.05) is 65.2 Å². The maximum absolute atomic E-state index is 11.4. The summed E-state index contributed by atoms with van der Waals surface area (Å²) in [5, 5.41) is 0. The summed E-state index contributed by atoms with van der Waals surface area (Å²) in [6.45, 7) is 4.13. The van der Waals surface area contributed by atoms with Crippen LogP contribution in [0.15, 0.2) is 0 Å². The van der Waals surface area contributed by atoms with Crippen LogP contribution < -0.4 is 0 Å². The van der Waals surface area contributed by atoms with E-state index >= 15 is 0 Å². The molecule has 1 atom stereocenters. The third-order valence-corrected chi connectivity index (χ3v) is 4.10. The van der Waals surface area contributed by atoms with Crippen LogP contribution in [0.1, 0.15) is 84.5 Å². The van der Waals surface area contributed by atoms with Gasteiger partial charge in [-0.3, -0.25) is 14.2 Å². The van der Waals surface area contributed by atoms with Gasteiger partial charge in [-0.15, -0.1) is 0 Å². The molecule has 6 heteroatoms. The lowest BCUT2D eigenvalue weighted by Gasteiger charge is -2.10. The van der Waals surface area contributed by atoms with Crippen molar-refractivity contribution < 1.29 is 23.3 Å². The number of phosphoric ester groups is 1. The van der Waals surface area contributed by atoms with E-state index in [-0.39, 0.29) is 13.0 Å². The molecule has 0 aliphatic carbocycles. The van der Waals surface area contributed by atoms with E-state index in [9.17, 15) is 14.3 Å². The summed E-state index contributed by atoms with van der Waals surface area (Å²) in [5.74, 6) is -0.653. The van der Waals surface area contributed by atoms with E-state index in [1.807, 2.05) is 6.92 Å². The Hall–Kier alpha value is -0.380. The van der Waals surface area contributed by atoms with E-state index in [1.165, 1.54) is 38.5 Å². The third-order valence-electron chi connectivity index (χ3n) is 3.16. The fraction of sp³-hybridized carbons (Fsp3) is 0.933. The van der Waals surface area contributed by atoms with Crippen molar-refractivity contribution in [3.05, 3.63) is 0 Å². The average Bonchev–Trinajstić information content (AvgIpc) is 2.43. The summed E-state index contributed by atoms with van der Waals surface area (Å²) < 4.78 is 20.4. The lowest BCUT2D eigenvalue weighted by atomic mass is 10.1. The van der Waals surface area contributed by atoms with E-state index in [1.54, 1.807) is 0 Å². The van der Waals surface area contributed by atoms with Crippen molar-refractivity contribution >= 4 is 13.8 Å². The Morgan fingerprint density at radius 3 is 1.95 bits per heavy atom. The molecule has 5 nitrogen and oxygen atoms in total. The second kappa shape index (κ2) is 13.3. The molecule has 126 valence electrons. The van der Waals surface area contributed by atoms with Crippen molar-refractivity contribution in [1.29, 1.82) is 0 Å². The molecule has 0 amide bonds. The number of rotatable bonds is 14. The van der Waals surface area contributed by atoms with Gasteiger partial charge in [-0.2, -0.15) is 0 Å². The van der Waals surface area contributed by atoms with E-state index in [0.717, 1.165) is 12.8 Å². The Kier molecular flexibility index (Phi) is 13.1. The maximum atomic E-state index is 11.4. The van der Waals surface area contributed by atoms with Crippen LogP contribution in [0.2, 0.25) is 0 Å². The smallest absolute Gasteiger partial charge is 0.371 e. The monoisotopic (exact) mass is 322 g/mol. The number of unbranched alkanes of at least 4 members (excludes halogenated alkanes) is 8. The number of hydrogen-bond acceptors (Lipinski definition) is 4. The molecule has 0 saturated carbocycles. The van der Waals surface area contributed by atoms with Gasteiger partial charge in [0, 0.05) is 6.42 Å². The molecule has 0 spiro atoms. The highest BCUT2D eigenvalue weighted by atomic mass is 31.2. The number of carbonyl (C=O) groups excluding carboxylic acids is 1. The van der Waals surface area contributed by atoms with Gasteiger partial charge < -0.3 is 4.52 Å². The van der Waals surface area contributed by atoms with Gasteiger partial charge in [0.1, 0.15) is 0 Å². The summed E-state index contributed by atoms with van der Waals surface area (Å²) in [6, 6.07) is 0. The van der Waals surface area contributed by atoms with Crippen LogP contribution in [0.3, 0.4) is 0 Å². The molecular formula is C15H31O5P. The zero-order valence-corrected chi connectivity index (χ0v) is 14.4.